The number of nitrogens with two attached hydrogens (primary N) is 1. The van der Waals surface area contributed by atoms with E-state index in [1.165, 1.54) is 5.56 Å². The molecule has 1 unspecified atom stereocenters. The molecule has 1 rings (SSSR count). The third-order valence-electron chi connectivity index (χ3n) is 2.34. The highest BCUT2D eigenvalue weighted by atomic mass is 15.3. The number of rotatable bonds is 5. The minimum absolute atomic E-state index is 0.278. The van der Waals surface area contributed by atoms with Crippen molar-refractivity contribution in [3.63, 3.8) is 0 Å². The lowest BCUT2D eigenvalue weighted by atomic mass is 10.1. The molecular formula is C10H20N4. The molecule has 0 saturated carbocycles. The van der Waals surface area contributed by atoms with E-state index in [9.17, 15) is 0 Å². The first kappa shape index (κ1) is 11.2. The summed E-state index contributed by atoms with van der Waals surface area (Å²) in [6.07, 6.45) is 5.10. The summed E-state index contributed by atoms with van der Waals surface area (Å²) >= 11 is 0. The van der Waals surface area contributed by atoms with E-state index in [2.05, 4.69) is 23.1 Å². The smallest absolute Gasteiger partial charge is 0.0538 e. The lowest BCUT2D eigenvalue weighted by Gasteiger charge is -2.20. The second kappa shape index (κ2) is 5.12. The minimum atomic E-state index is 0.278. The van der Waals surface area contributed by atoms with Gasteiger partial charge in [0.25, 0.3) is 0 Å². The van der Waals surface area contributed by atoms with Gasteiger partial charge in [0, 0.05) is 30.9 Å². The van der Waals surface area contributed by atoms with Gasteiger partial charge in [-0.3, -0.25) is 4.68 Å². The van der Waals surface area contributed by atoms with Gasteiger partial charge in [-0.2, -0.15) is 5.10 Å². The van der Waals surface area contributed by atoms with Crippen LogP contribution in [0.1, 0.15) is 24.9 Å². The molecule has 0 saturated heterocycles. The number of likely N-dealkylation sites (N-methyl/N-ethyl adjacent to an activating group) is 1. The number of nitrogens with zero attached hydrogens (tertiary/aromatic N) is 3. The van der Waals surface area contributed by atoms with Gasteiger partial charge in [-0.15, -0.1) is 0 Å². The van der Waals surface area contributed by atoms with E-state index in [1.807, 2.05) is 25.0 Å². The predicted molar refractivity (Wildman–Crippen MR) is 58.0 cm³/mol. The van der Waals surface area contributed by atoms with E-state index in [4.69, 9.17) is 5.73 Å². The number of hydrogen-bond donors (Lipinski definition) is 1. The average molecular weight is 196 g/mol. The Balaban J connectivity index is 2.73. The molecule has 2 N–H and O–H groups in total. The lowest BCUT2D eigenvalue weighted by Crippen LogP contribution is -2.26. The van der Waals surface area contributed by atoms with Crippen molar-refractivity contribution < 1.29 is 0 Å². The lowest BCUT2D eigenvalue weighted by molar-refractivity contribution is 0.306. The normalized spacial score (nSPS) is 13.5. The fourth-order valence-electron chi connectivity index (χ4n) is 1.55. The predicted octanol–water partition coefficient (Wildman–Crippen LogP) is 0.854. The van der Waals surface area contributed by atoms with Crippen LogP contribution in [0.3, 0.4) is 0 Å². The van der Waals surface area contributed by atoms with Crippen LogP contribution < -0.4 is 5.73 Å². The van der Waals surface area contributed by atoms with Crippen molar-refractivity contribution in [3.05, 3.63) is 18.0 Å². The van der Waals surface area contributed by atoms with Crippen LogP contribution in [0.4, 0.5) is 0 Å². The van der Waals surface area contributed by atoms with Crippen molar-refractivity contribution in [3.8, 4) is 0 Å². The van der Waals surface area contributed by atoms with Gasteiger partial charge in [0.15, 0.2) is 0 Å². The van der Waals surface area contributed by atoms with Crippen molar-refractivity contribution >= 4 is 0 Å². The summed E-state index contributed by atoms with van der Waals surface area (Å²) in [5.41, 5.74) is 6.91. The summed E-state index contributed by atoms with van der Waals surface area (Å²) in [4.78, 5) is 2.12. The summed E-state index contributed by atoms with van der Waals surface area (Å²) in [6, 6.07) is 0.278. The molecule has 1 atom stereocenters. The van der Waals surface area contributed by atoms with Gasteiger partial charge >= 0.3 is 0 Å². The Morgan fingerprint density at radius 1 is 1.57 bits per heavy atom. The van der Waals surface area contributed by atoms with Crippen LogP contribution in [0.15, 0.2) is 12.4 Å². The highest BCUT2D eigenvalue weighted by Crippen LogP contribution is 2.15. The van der Waals surface area contributed by atoms with Gasteiger partial charge in [0.1, 0.15) is 0 Å². The summed E-state index contributed by atoms with van der Waals surface area (Å²) in [5.74, 6) is 0. The minimum Gasteiger partial charge on any atom is -0.329 e. The third-order valence-corrected chi connectivity index (χ3v) is 2.34. The third kappa shape index (κ3) is 2.56. The zero-order valence-corrected chi connectivity index (χ0v) is 9.27. The monoisotopic (exact) mass is 196 g/mol. The second-order valence-corrected chi connectivity index (χ2v) is 3.75. The van der Waals surface area contributed by atoms with Gasteiger partial charge in [0.2, 0.25) is 0 Å². The first-order chi connectivity index (χ1) is 6.69. The maximum absolute atomic E-state index is 5.71. The number of aromatic nitrogens is 2. The maximum atomic E-state index is 5.71. The topological polar surface area (TPSA) is 47.1 Å². The molecule has 0 aromatic carbocycles. The van der Waals surface area contributed by atoms with Crippen molar-refractivity contribution in [1.82, 2.24) is 14.7 Å². The highest BCUT2D eigenvalue weighted by molar-refractivity contribution is 5.10. The molecule has 0 amide bonds. The Kier molecular flexibility index (Phi) is 4.10. The zero-order chi connectivity index (χ0) is 10.6. The van der Waals surface area contributed by atoms with Gasteiger partial charge in [0.05, 0.1) is 6.20 Å². The molecule has 0 aliphatic rings. The van der Waals surface area contributed by atoms with Crippen molar-refractivity contribution in [1.29, 1.82) is 0 Å². The van der Waals surface area contributed by atoms with E-state index in [0.29, 0.717) is 6.54 Å². The van der Waals surface area contributed by atoms with Crippen LogP contribution in [-0.4, -0.2) is 35.3 Å². The molecule has 0 bridgehead atoms. The Hall–Kier alpha value is -0.870. The molecule has 0 radical (unpaired) electrons. The standard InChI is InChI=1S/C10H20N4/c1-4-5-14-8-9(7-12-14)10(6-11)13(2)3/h7-8,10H,4-6,11H2,1-3H3. The fraction of sp³-hybridized carbons (Fsp3) is 0.700. The summed E-state index contributed by atoms with van der Waals surface area (Å²) < 4.78 is 1.97. The van der Waals surface area contributed by atoms with Gasteiger partial charge in [-0.05, 0) is 20.5 Å². The quantitative estimate of drug-likeness (QED) is 0.759. The summed E-state index contributed by atoms with van der Waals surface area (Å²) in [5, 5.41) is 4.29. The van der Waals surface area contributed by atoms with E-state index < -0.39 is 0 Å². The fourth-order valence-corrected chi connectivity index (χ4v) is 1.55. The van der Waals surface area contributed by atoms with Crippen LogP contribution >= 0.6 is 0 Å². The molecule has 80 valence electrons. The van der Waals surface area contributed by atoms with Crippen LogP contribution in [0, 0.1) is 0 Å². The molecule has 4 heteroatoms. The van der Waals surface area contributed by atoms with E-state index in [0.717, 1.165) is 13.0 Å². The molecule has 0 aliphatic carbocycles. The van der Waals surface area contributed by atoms with Crippen LogP contribution in [0.2, 0.25) is 0 Å². The van der Waals surface area contributed by atoms with Crippen LogP contribution in [0.5, 0.6) is 0 Å². The first-order valence-electron chi connectivity index (χ1n) is 5.07. The van der Waals surface area contributed by atoms with Crippen molar-refractivity contribution in [2.75, 3.05) is 20.6 Å². The van der Waals surface area contributed by atoms with Crippen molar-refractivity contribution in [2.24, 2.45) is 5.73 Å². The van der Waals surface area contributed by atoms with Crippen LogP contribution in [-0.2, 0) is 6.54 Å². The summed E-state index contributed by atoms with van der Waals surface area (Å²) in [7, 11) is 4.07. The molecular weight excluding hydrogens is 176 g/mol. The Morgan fingerprint density at radius 3 is 2.79 bits per heavy atom. The molecule has 0 fully saturated rings. The molecule has 1 heterocycles. The van der Waals surface area contributed by atoms with E-state index in [-0.39, 0.29) is 6.04 Å². The molecule has 0 aliphatic heterocycles. The average Bonchev–Trinajstić information content (AvgIpc) is 2.54. The zero-order valence-electron chi connectivity index (χ0n) is 9.27. The number of hydrogen-bond acceptors (Lipinski definition) is 3. The molecule has 14 heavy (non-hydrogen) atoms. The van der Waals surface area contributed by atoms with Crippen LogP contribution in [0.25, 0.3) is 0 Å². The SMILES string of the molecule is CCCn1cc(C(CN)N(C)C)cn1. The Bertz CT molecular complexity index is 267. The number of aryl methyl sites for hydroxylation is 1. The Morgan fingerprint density at radius 2 is 2.29 bits per heavy atom. The molecule has 1 aromatic heterocycles. The first-order valence-corrected chi connectivity index (χ1v) is 5.07. The highest BCUT2D eigenvalue weighted by Gasteiger charge is 2.13. The van der Waals surface area contributed by atoms with Gasteiger partial charge in [-0.25, -0.2) is 0 Å². The second-order valence-electron chi connectivity index (χ2n) is 3.75. The maximum Gasteiger partial charge on any atom is 0.0538 e. The molecule has 0 spiro atoms. The van der Waals surface area contributed by atoms with E-state index in [1.54, 1.807) is 0 Å². The van der Waals surface area contributed by atoms with Gasteiger partial charge < -0.3 is 10.6 Å². The van der Waals surface area contributed by atoms with Gasteiger partial charge in [-0.1, -0.05) is 6.92 Å². The molecule has 4 nitrogen and oxygen atoms in total. The summed E-state index contributed by atoms with van der Waals surface area (Å²) in [6.45, 7) is 3.75. The Labute approximate surface area is 85.7 Å². The molecule has 1 aromatic rings. The van der Waals surface area contributed by atoms with Crippen molar-refractivity contribution in [2.45, 2.75) is 25.9 Å². The van der Waals surface area contributed by atoms with E-state index >= 15 is 0 Å². The largest absolute Gasteiger partial charge is 0.329 e.